The second-order valence-electron chi connectivity index (χ2n) is 7.49. The van der Waals surface area contributed by atoms with Crippen molar-refractivity contribution in [3.63, 3.8) is 0 Å². The van der Waals surface area contributed by atoms with Crippen molar-refractivity contribution < 1.29 is 4.79 Å². The van der Waals surface area contributed by atoms with E-state index in [0.29, 0.717) is 36.9 Å². The Kier molecular flexibility index (Phi) is 5.22. The van der Waals surface area contributed by atoms with Crippen molar-refractivity contribution in [2.45, 2.75) is 0 Å². The van der Waals surface area contributed by atoms with Crippen molar-refractivity contribution in [2.24, 2.45) is 0 Å². The number of carbonyl (C=O) groups excluding carboxylic acids is 1. The summed E-state index contributed by atoms with van der Waals surface area (Å²) in [5, 5.41) is 11.7. The van der Waals surface area contributed by atoms with Crippen LogP contribution in [0.1, 0.15) is 10.4 Å². The summed E-state index contributed by atoms with van der Waals surface area (Å²) in [6.45, 7) is 2.65. The van der Waals surface area contributed by atoms with E-state index in [-0.39, 0.29) is 5.91 Å². The van der Waals surface area contributed by atoms with E-state index in [1.807, 2.05) is 29.2 Å². The minimum absolute atomic E-state index is 0.0263. The molecule has 1 amide bonds. The fraction of sp³-hybridized carbons (Fsp3) is 0.167. The van der Waals surface area contributed by atoms with Crippen LogP contribution in [0.25, 0.3) is 22.0 Å². The number of halogens is 1. The molecule has 0 radical (unpaired) electrons. The maximum atomic E-state index is 12.6. The van der Waals surface area contributed by atoms with Gasteiger partial charge in [0, 0.05) is 37.9 Å². The number of rotatable bonds is 3. The summed E-state index contributed by atoms with van der Waals surface area (Å²) >= 11 is 5.81. The van der Waals surface area contributed by atoms with Gasteiger partial charge in [-0.1, -0.05) is 48.0 Å². The molecule has 0 saturated carbocycles. The Morgan fingerprint density at radius 3 is 2.35 bits per heavy atom. The van der Waals surface area contributed by atoms with Gasteiger partial charge >= 0.3 is 0 Å². The number of fused-ring (bicyclic) bond motifs is 1. The molecule has 0 bridgehead atoms. The van der Waals surface area contributed by atoms with Crippen molar-refractivity contribution in [1.82, 2.24) is 20.1 Å². The second-order valence-corrected chi connectivity index (χ2v) is 7.87. The number of hydrogen-bond acceptors (Lipinski definition) is 5. The number of piperazine rings is 1. The molecule has 1 fully saturated rings. The molecule has 1 aliphatic heterocycles. The molecule has 154 valence electrons. The van der Waals surface area contributed by atoms with Crippen LogP contribution in [0.5, 0.6) is 0 Å². The van der Waals surface area contributed by atoms with Crippen LogP contribution >= 0.6 is 11.6 Å². The third-order valence-electron chi connectivity index (χ3n) is 5.56. The highest BCUT2D eigenvalue weighted by atomic mass is 35.5. The molecule has 0 atom stereocenters. The SMILES string of the molecule is O=C(c1ccc(Cl)nc1)N1CCN(c2ccc(-c3ccc4ccccc4c3)nn2)CC1. The van der Waals surface area contributed by atoms with E-state index in [0.717, 1.165) is 17.1 Å². The third-order valence-corrected chi connectivity index (χ3v) is 5.78. The largest absolute Gasteiger partial charge is 0.352 e. The minimum Gasteiger partial charge on any atom is -0.352 e. The van der Waals surface area contributed by atoms with Crippen LogP contribution < -0.4 is 4.90 Å². The number of benzene rings is 2. The van der Waals surface area contributed by atoms with Gasteiger partial charge in [0.25, 0.3) is 5.91 Å². The van der Waals surface area contributed by atoms with Gasteiger partial charge in [0.15, 0.2) is 5.82 Å². The van der Waals surface area contributed by atoms with E-state index < -0.39 is 0 Å². The number of aromatic nitrogens is 3. The summed E-state index contributed by atoms with van der Waals surface area (Å²) in [6, 6.07) is 21.9. The summed E-state index contributed by atoms with van der Waals surface area (Å²) in [7, 11) is 0. The Labute approximate surface area is 185 Å². The predicted octanol–water partition coefficient (Wildman–Crippen LogP) is 4.31. The molecule has 6 nitrogen and oxygen atoms in total. The molecular formula is C24H20ClN5O. The zero-order valence-electron chi connectivity index (χ0n) is 16.8. The normalized spacial score (nSPS) is 14.1. The highest BCUT2D eigenvalue weighted by Gasteiger charge is 2.23. The molecule has 3 heterocycles. The van der Waals surface area contributed by atoms with Gasteiger partial charge < -0.3 is 9.80 Å². The summed E-state index contributed by atoms with van der Waals surface area (Å²) in [6.07, 6.45) is 1.52. The second kappa shape index (κ2) is 8.32. The average molecular weight is 430 g/mol. The zero-order valence-corrected chi connectivity index (χ0v) is 17.5. The topological polar surface area (TPSA) is 62.2 Å². The fourth-order valence-electron chi connectivity index (χ4n) is 3.82. The highest BCUT2D eigenvalue weighted by molar-refractivity contribution is 6.29. The van der Waals surface area contributed by atoms with Gasteiger partial charge in [-0.25, -0.2) is 4.98 Å². The summed E-state index contributed by atoms with van der Waals surface area (Å²) in [4.78, 5) is 20.6. The van der Waals surface area contributed by atoms with E-state index in [9.17, 15) is 4.79 Å². The lowest BCUT2D eigenvalue weighted by Gasteiger charge is -2.35. The summed E-state index contributed by atoms with van der Waals surface area (Å²) < 4.78 is 0. The predicted molar refractivity (Wildman–Crippen MR) is 122 cm³/mol. The van der Waals surface area contributed by atoms with E-state index in [4.69, 9.17) is 11.6 Å². The van der Waals surface area contributed by atoms with Gasteiger partial charge in [0.05, 0.1) is 11.3 Å². The van der Waals surface area contributed by atoms with Crippen molar-refractivity contribution in [2.75, 3.05) is 31.1 Å². The van der Waals surface area contributed by atoms with Gasteiger partial charge in [-0.05, 0) is 41.1 Å². The minimum atomic E-state index is -0.0263. The molecular weight excluding hydrogens is 410 g/mol. The first kappa shape index (κ1) is 19.5. The molecule has 5 rings (SSSR count). The first-order valence-electron chi connectivity index (χ1n) is 10.2. The van der Waals surface area contributed by atoms with Gasteiger partial charge in [0.1, 0.15) is 5.15 Å². The van der Waals surface area contributed by atoms with Crippen molar-refractivity contribution in [3.05, 3.63) is 83.6 Å². The molecule has 0 unspecified atom stereocenters. The molecule has 2 aromatic carbocycles. The molecule has 1 saturated heterocycles. The first-order valence-corrected chi connectivity index (χ1v) is 10.5. The van der Waals surface area contributed by atoms with Crippen LogP contribution in [0.4, 0.5) is 5.82 Å². The van der Waals surface area contributed by atoms with E-state index >= 15 is 0 Å². The third kappa shape index (κ3) is 4.07. The van der Waals surface area contributed by atoms with Gasteiger partial charge in [-0.2, -0.15) is 0 Å². The van der Waals surface area contributed by atoms with Crippen LogP contribution in [0, 0.1) is 0 Å². The number of anilines is 1. The standard InChI is InChI=1S/C24H20ClN5O/c25-22-9-7-20(16-26-22)24(31)30-13-11-29(12-14-30)23-10-8-21(27-28-23)19-6-5-17-3-1-2-4-18(17)15-19/h1-10,15-16H,11-14H2. The van der Waals surface area contributed by atoms with Crippen LogP contribution in [0.15, 0.2) is 72.9 Å². The lowest BCUT2D eigenvalue weighted by atomic mass is 10.1. The maximum absolute atomic E-state index is 12.6. The van der Waals surface area contributed by atoms with Crippen molar-refractivity contribution >= 4 is 34.1 Å². The zero-order chi connectivity index (χ0) is 21.2. The molecule has 1 aliphatic rings. The first-order chi connectivity index (χ1) is 15.2. The van der Waals surface area contributed by atoms with Crippen LogP contribution in [0.3, 0.4) is 0 Å². The Morgan fingerprint density at radius 1 is 0.839 bits per heavy atom. The fourth-order valence-corrected chi connectivity index (χ4v) is 3.93. The Morgan fingerprint density at radius 2 is 1.65 bits per heavy atom. The molecule has 2 aromatic heterocycles. The summed E-state index contributed by atoms with van der Waals surface area (Å²) in [5.74, 6) is 0.798. The Bertz CT molecular complexity index is 1220. The van der Waals surface area contributed by atoms with Crippen molar-refractivity contribution in [1.29, 1.82) is 0 Å². The highest BCUT2D eigenvalue weighted by Crippen LogP contribution is 2.24. The van der Waals surface area contributed by atoms with Crippen LogP contribution in [-0.4, -0.2) is 52.2 Å². The number of nitrogens with zero attached hydrogens (tertiary/aromatic N) is 5. The lowest BCUT2D eigenvalue weighted by molar-refractivity contribution is 0.0746. The monoisotopic (exact) mass is 429 g/mol. The number of pyridine rings is 1. The van der Waals surface area contributed by atoms with Gasteiger partial charge in [-0.15, -0.1) is 10.2 Å². The van der Waals surface area contributed by atoms with E-state index in [1.54, 1.807) is 12.1 Å². The average Bonchev–Trinajstić information content (AvgIpc) is 2.84. The van der Waals surface area contributed by atoms with Crippen LogP contribution in [0.2, 0.25) is 5.15 Å². The molecule has 0 spiro atoms. The number of hydrogen-bond donors (Lipinski definition) is 0. The molecule has 0 N–H and O–H groups in total. The molecule has 0 aliphatic carbocycles. The van der Waals surface area contributed by atoms with Gasteiger partial charge in [-0.3, -0.25) is 4.79 Å². The van der Waals surface area contributed by atoms with Crippen LogP contribution in [-0.2, 0) is 0 Å². The van der Waals surface area contributed by atoms with E-state index in [1.165, 1.54) is 17.0 Å². The maximum Gasteiger partial charge on any atom is 0.255 e. The summed E-state index contributed by atoms with van der Waals surface area (Å²) in [5.41, 5.74) is 2.45. The number of carbonyl (C=O) groups is 1. The number of amides is 1. The van der Waals surface area contributed by atoms with Crippen molar-refractivity contribution in [3.8, 4) is 11.3 Å². The molecule has 31 heavy (non-hydrogen) atoms. The quantitative estimate of drug-likeness (QED) is 0.454. The smallest absolute Gasteiger partial charge is 0.255 e. The Balaban J connectivity index is 1.25. The van der Waals surface area contributed by atoms with E-state index in [2.05, 4.69) is 50.4 Å². The van der Waals surface area contributed by atoms with Gasteiger partial charge in [0.2, 0.25) is 0 Å². The molecule has 4 aromatic rings. The molecule has 7 heteroatoms. The lowest BCUT2D eigenvalue weighted by Crippen LogP contribution is -2.49. The Hall–Kier alpha value is -3.51.